The molecule has 0 aliphatic carbocycles. The summed E-state index contributed by atoms with van der Waals surface area (Å²) in [5.74, 6) is -0.374. The number of hydrogen-bond acceptors (Lipinski definition) is 7. The van der Waals surface area contributed by atoms with Crippen LogP contribution in [0.15, 0.2) is 47.3 Å². The van der Waals surface area contributed by atoms with E-state index < -0.39 is 18.5 Å². The smallest absolute Gasteiger partial charge is 0.359 e. The van der Waals surface area contributed by atoms with Gasteiger partial charge in [0.1, 0.15) is 11.5 Å². The van der Waals surface area contributed by atoms with E-state index in [1.54, 1.807) is 42.5 Å². The summed E-state index contributed by atoms with van der Waals surface area (Å²) in [4.78, 5) is 37.5. The van der Waals surface area contributed by atoms with Gasteiger partial charge in [-0.3, -0.25) is 9.59 Å². The van der Waals surface area contributed by atoms with E-state index in [0.717, 1.165) is 0 Å². The molecule has 2 aromatic carbocycles. The number of ether oxygens (including phenoxy) is 3. The topological polar surface area (TPSA) is 109 Å². The van der Waals surface area contributed by atoms with Crippen molar-refractivity contribution in [3.05, 3.63) is 58.5 Å². The molecule has 0 saturated carbocycles. The quantitative estimate of drug-likeness (QED) is 0.553. The summed E-state index contributed by atoms with van der Waals surface area (Å²) >= 11 is 0. The molecule has 1 aromatic heterocycles. The van der Waals surface area contributed by atoms with Gasteiger partial charge in [-0.15, -0.1) is 0 Å². The Hall–Kier alpha value is -3.88. The number of nitrogens with one attached hydrogen (secondary N) is 1. The van der Waals surface area contributed by atoms with Gasteiger partial charge < -0.3 is 19.5 Å². The van der Waals surface area contributed by atoms with Gasteiger partial charge in [-0.05, 0) is 24.6 Å². The second-order valence-electron chi connectivity index (χ2n) is 6.61. The van der Waals surface area contributed by atoms with Crippen LogP contribution in [0.5, 0.6) is 11.5 Å². The fourth-order valence-corrected chi connectivity index (χ4v) is 3.04. The molecule has 1 N–H and O–H groups in total. The molecule has 0 aliphatic rings. The van der Waals surface area contributed by atoms with Gasteiger partial charge in [-0.1, -0.05) is 25.1 Å². The lowest BCUT2D eigenvalue weighted by atomic mass is 10.1. The van der Waals surface area contributed by atoms with Crippen LogP contribution in [0.2, 0.25) is 0 Å². The van der Waals surface area contributed by atoms with Gasteiger partial charge in [-0.25, -0.2) is 9.48 Å². The molecule has 1 amide bonds. The van der Waals surface area contributed by atoms with Crippen molar-refractivity contribution in [1.82, 2.24) is 9.78 Å². The highest BCUT2D eigenvalue weighted by atomic mass is 16.5. The molecule has 1 heterocycles. The highest BCUT2D eigenvalue weighted by Gasteiger charge is 2.19. The first-order valence-corrected chi connectivity index (χ1v) is 9.67. The van der Waals surface area contributed by atoms with Crippen LogP contribution in [0.1, 0.15) is 23.8 Å². The number of fused-ring (bicyclic) bond motifs is 1. The first kappa shape index (κ1) is 21.8. The molecule has 3 aromatic rings. The second kappa shape index (κ2) is 9.75. The van der Waals surface area contributed by atoms with Crippen molar-refractivity contribution in [3.63, 3.8) is 0 Å². The standard InChI is InChI=1S/C22H23N3O6/c1-4-11-25-21(27)16-8-6-5-7-15(16)20(24-25)22(28)31-13-19(26)23-17-10-9-14(29-2)12-18(17)30-3/h5-10,12H,4,11,13H2,1-3H3,(H,23,26). The zero-order valence-electron chi connectivity index (χ0n) is 17.5. The van der Waals surface area contributed by atoms with Gasteiger partial charge in [0.15, 0.2) is 12.3 Å². The largest absolute Gasteiger partial charge is 0.497 e. The summed E-state index contributed by atoms with van der Waals surface area (Å²) in [5.41, 5.74) is 0.112. The summed E-state index contributed by atoms with van der Waals surface area (Å²) < 4.78 is 16.8. The number of aromatic nitrogens is 2. The summed E-state index contributed by atoms with van der Waals surface area (Å²) in [5, 5.41) is 7.53. The maximum Gasteiger partial charge on any atom is 0.359 e. The average molecular weight is 425 g/mol. The number of anilines is 1. The van der Waals surface area contributed by atoms with E-state index in [-0.39, 0.29) is 11.3 Å². The maximum absolute atomic E-state index is 12.7. The van der Waals surface area contributed by atoms with E-state index in [9.17, 15) is 14.4 Å². The van der Waals surface area contributed by atoms with E-state index in [0.29, 0.717) is 40.9 Å². The Morgan fingerprint density at radius 1 is 1.06 bits per heavy atom. The zero-order chi connectivity index (χ0) is 22.4. The molecule has 0 atom stereocenters. The fraction of sp³-hybridized carbons (Fsp3) is 0.273. The molecule has 0 saturated heterocycles. The molecule has 0 radical (unpaired) electrons. The maximum atomic E-state index is 12.7. The Labute approximate surface area is 178 Å². The molecule has 0 aliphatic heterocycles. The van der Waals surface area contributed by atoms with Gasteiger partial charge in [0, 0.05) is 18.0 Å². The lowest BCUT2D eigenvalue weighted by Gasteiger charge is -2.12. The summed E-state index contributed by atoms with van der Waals surface area (Å²) in [6, 6.07) is 11.6. The molecular formula is C22H23N3O6. The molecule has 3 rings (SSSR count). The van der Waals surface area contributed by atoms with Crippen LogP contribution in [-0.2, 0) is 16.1 Å². The highest BCUT2D eigenvalue weighted by Crippen LogP contribution is 2.28. The number of rotatable bonds is 8. The van der Waals surface area contributed by atoms with Gasteiger partial charge in [0.2, 0.25) is 0 Å². The van der Waals surface area contributed by atoms with Crippen LogP contribution in [0, 0.1) is 0 Å². The van der Waals surface area contributed by atoms with Crippen LogP contribution in [0.3, 0.4) is 0 Å². The highest BCUT2D eigenvalue weighted by molar-refractivity contribution is 6.03. The molecule has 0 bridgehead atoms. The van der Waals surface area contributed by atoms with Crippen LogP contribution in [0.4, 0.5) is 5.69 Å². The number of nitrogens with zero attached hydrogens (tertiary/aromatic N) is 2. The lowest BCUT2D eigenvalue weighted by Crippen LogP contribution is -2.27. The third-order valence-electron chi connectivity index (χ3n) is 4.51. The average Bonchev–Trinajstić information content (AvgIpc) is 2.79. The van der Waals surface area contributed by atoms with Crippen LogP contribution >= 0.6 is 0 Å². The van der Waals surface area contributed by atoms with Crippen molar-refractivity contribution in [1.29, 1.82) is 0 Å². The van der Waals surface area contributed by atoms with Crippen molar-refractivity contribution in [2.75, 3.05) is 26.1 Å². The summed E-state index contributed by atoms with van der Waals surface area (Å²) in [6.07, 6.45) is 0.672. The molecule has 9 heteroatoms. The number of benzene rings is 2. The van der Waals surface area contributed by atoms with Gasteiger partial charge >= 0.3 is 5.97 Å². The molecule has 0 fully saturated rings. The number of aryl methyl sites for hydroxylation is 1. The SMILES string of the molecule is CCCn1nc(C(=O)OCC(=O)Nc2ccc(OC)cc2OC)c2ccccc2c1=O. The minimum Gasteiger partial charge on any atom is -0.497 e. The molecule has 31 heavy (non-hydrogen) atoms. The third-order valence-corrected chi connectivity index (χ3v) is 4.51. The zero-order valence-corrected chi connectivity index (χ0v) is 17.5. The van der Waals surface area contributed by atoms with Crippen molar-refractivity contribution < 1.29 is 23.8 Å². The third kappa shape index (κ3) is 4.82. The summed E-state index contributed by atoms with van der Waals surface area (Å²) in [7, 11) is 2.99. The predicted octanol–water partition coefficient (Wildman–Crippen LogP) is 2.62. The number of esters is 1. The Balaban J connectivity index is 1.77. The van der Waals surface area contributed by atoms with E-state index in [1.165, 1.54) is 18.9 Å². The van der Waals surface area contributed by atoms with Crippen molar-refractivity contribution in [2.45, 2.75) is 19.9 Å². The lowest BCUT2D eigenvalue weighted by molar-refractivity contribution is -0.119. The second-order valence-corrected chi connectivity index (χ2v) is 6.61. The summed E-state index contributed by atoms with van der Waals surface area (Å²) in [6.45, 7) is 1.73. The van der Waals surface area contributed by atoms with Crippen LogP contribution in [0.25, 0.3) is 10.8 Å². The fourth-order valence-electron chi connectivity index (χ4n) is 3.04. The van der Waals surface area contributed by atoms with E-state index in [4.69, 9.17) is 14.2 Å². The first-order chi connectivity index (χ1) is 15.0. The van der Waals surface area contributed by atoms with Crippen molar-refractivity contribution >= 4 is 28.3 Å². The number of hydrogen-bond donors (Lipinski definition) is 1. The number of carbonyl (C=O) groups excluding carboxylic acids is 2. The number of methoxy groups -OCH3 is 2. The van der Waals surface area contributed by atoms with Crippen molar-refractivity contribution in [3.8, 4) is 11.5 Å². The molecule has 162 valence electrons. The van der Waals surface area contributed by atoms with Gasteiger partial charge in [0.05, 0.1) is 25.3 Å². The molecule has 0 unspecified atom stereocenters. The van der Waals surface area contributed by atoms with Crippen LogP contribution in [-0.4, -0.2) is 42.5 Å². The molecule has 0 spiro atoms. The monoisotopic (exact) mass is 425 g/mol. The Morgan fingerprint density at radius 3 is 2.48 bits per heavy atom. The van der Waals surface area contributed by atoms with Gasteiger partial charge in [0.25, 0.3) is 11.5 Å². The molecular weight excluding hydrogens is 402 g/mol. The Bertz CT molecular complexity index is 1170. The van der Waals surface area contributed by atoms with Crippen LogP contribution < -0.4 is 20.3 Å². The van der Waals surface area contributed by atoms with E-state index in [1.807, 2.05) is 6.92 Å². The normalized spacial score (nSPS) is 10.5. The Morgan fingerprint density at radius 2 is 1.81 bits per heavy atom. The van der Waals surface area contributed by atoms with Gasteiger partial charge in [-0.2, -0.15) is 5.10 Å². The Kier molecular flexibility index (Phi) is 6.86. The van der Waals surface area contributed by atoms with E-state index in [2.05, 4.69) is 10.4 Å². The minimum absolute atomic E-state index is 0.0153. The predicted molar refractivity (Wildman–Crippen MR) is 115 cm³/mol. The number of amides is 1. The molecule has 9 nitrogen and oxygen atoms in total. The minimum atomic E-state index is -0.794. The first-order valence-electron chi connectivity index (χ1n) is 9.67. The number of carbonyl (C=O) groups is 2. The van der Waals surface area contributed by atoms with E-state index >= 15 is 0 Å². The van der Waals surface area contributed by atoms with Crippen molar-refractivity contribution in [2.24, 2.45) is 0 Å².